The van der Waals surface area contributed by atoms with Gasteiger partial charge in [-0.3, -0.25) is 4.79 Å². The molecule has 0 saturated heterocycles. The highest BCUT2D eigenvalue weighted by atomic mass is 127. The summed E-state index contributed by atoms with van der Waals surface area (Å²) < 4.78 is 20.2. The zero-order chi connectivity index (χ0) is 24.1. The Bertz CT molecular complexity index is 1350. The number of rotatable bonds is 8. The number of nitrogens with zero attached hydrogens (tertiary/aromatic N) is 1. The van der Waals surface area contributed by atoms with Crippen molar-refractivity contribution in [1.82, 2.24) is 5.43 Å². The Morgan fingerprint density at radius 2 is 1.88 bits per heavy atom. The van der Waals surface area contributed by atoms with Gasteiger partial charge in [-0.2, -0.15) is 5.10 Å². The summed E-state index contributed by atoms with van der Waals surface area (Å²) in [6, 6.07) is 19.0. The molecule has 1 aromatic heterocycles. The summed E-state index contributed by atoms with van der Waals surface area (Å²) in [5.74, 6) is 0.930. The van der Waals surface area contributed by atoms with Crippen molar-refractivity contribution in [2.75, 3.05) is 6.61 Å². The Balaban J connectivity index is 1.46. The Kier molecular flexibility index (Phi) is 8.28. The van der Waals surface area contributed by atoms with Gasteiger partial charge in [0.2, 0.25) is 0 Å². The molecular weight excluding hydrogens is 679 g/mol. The molecule has 0 fully saturated rings. The zero-order valence-electron chi connectivity index (χ0n) is 18.0. The lowest BCUT2D eigenvalue weighted by molar-refractivity contribution is 0.0929. The van der Waals surface area contributed by atoms with Gasteiger partial charge in [-0.1, -0.05) is 28.1 Å². The first-order chi connectivity index (χ1) is 16.4. The van der Waals surface area contributed by atoms with Gasteiger partial charge in [0.1, 0.15) is 12.2 Å². The number of hydrogen-bond donors (Lipinski definition) is 1. The first kappa shape index (κ1) is 24.7. The van der Waals surface area contributed by atoms with Crippen molar-refractivity contribution in [3.8, 4) is 11.5 Å². The Labute approximate surface area is 227 Å². The van der Waals surface area contributed by atoms with Crippen LogP contribution >= 0.6 is 54.5 Å². The van der Waals surface area contributed by atoms with Crippen LogP contribution in [0.3, 0.4) is 0 Å². The van der Waals surface area contributed by atoms with Gasteiger partial charge in [0.15, 0.2) is 17.3 Å². The summed E-state index contributed by atoms with van der Waals surface area (Å²) >= 11 is 9.24. The van der Waals surface area contributed by atoms with Crippen LogP contribution in [0.15, 0.2) is 79.1 Å². The minimum absolute atomic E-state index is 0.181. The quantitative estimate of drug-likeness (QED) is 0.119. The van der Waals surface area contributed by atoms with E-state index in [9.17, 15) is 4.79 Å². The molecular formula is C25H19Br2IN2O4. The van der Waals surface area contributed by atoms with Gasteiger partial charge in [-0.15, -0.1) is 0 Å². The van der Waals surface area contributed by atoms with Gasteiger partial charge >= 0.3 is 5.91 Å². The fourth-order valence-corrected chi connectivity index (χ4v) is 4.46. The van der Waals surface area contributed by atoms with E-state index in [1.807, 2.05) is 55.5 Å². The third-order valence-electron chi connectivity index (χ3n) is 4.71. The molecule has 0 unspecified atom stereocenters. The van der Waals surface area contributed by atoms with Crippen LogP contribution in [0.1, 0.15) is 28.6 Å². The fraction of sp³-hybridized carbons (Fsp3) is 0.120. The molecule has 3 aromatic carbocycles. The minimum atomic E-state index is -0.440. The Hall–Kier alpha value is -2.37. The molecule has 0 spiro atoms. The van der Waals surface area contributed by atoms with E-state index in [-0.39, 0.29) is 5.76 Å². The van der Waals surface area contributed by atoms with E-state index in [4.69, 9.17) is 13.9 Å². The molecule has 4 aromatic rings. The number of halogens is 3. The smallest absolute Gasteiger partial charge is 0.307 e. The molecule has 0 aliphatic rings. The summed E-state index contributed by atoms with van der Waals surface area (Å²) in [5.41, 5.74) is 4.91. The molecule has 0 saturated carbocycles. The van der Waals surface area contributed by atoms with Gasteiger partial charge in [-0.05, 0) is 105 Å². The number of hydrogen-bond acceptors (Lipinski definition) is 5. The highest BCUT2D eigenvalue weighted by Crippen LogP contribution is 2.37. The summed E-state index contributed by atoms with van der Waals surface area (Å²) in [7, 11) is 0. The van der Waals surface area contributed by atoms with E-state index >= 15 is 0 Å². The van der Waals surface area contributed by atoms with Crippen molar-refractivity contribution in [3.05, 3.63) is 90.1 Å². The average Bonchev–Trinajstić information content (AvgIpc) is 3.23. The van der Waals surface area contributed by atoms with Crippen molar-refractivity contribution in [1.29, 1.82) is 0 Å². The Morgan fingerprint density at radius 3 is 2.65 bits per heavy atom. The largest absolute Gasteiger partial charge is 0.490 e. The molecule has 0 aliphatic heterocycles. The van der Waals surface area contributed by atoms with Crippen molar-refractivity contribution in [2.45, 2.75) is 13.5 Å². The summed E-state index contributed by atoms with van der Waals surface area (Å²) in [5, 5.41) is 4.90. The van der Waals surface area contributed by atoms with Crippen LogP contribution in [0, 0.1) is 3.57 Å². The number of ether oxygens (including phenoxy) is 2. The molecule has 1 amide bonds. The number of fused-ring (bicyclic) bond motifs is 1. The predicted molar refractivity (Wildman–Crippen MR) is 148 cm³/mol. The summed E-state index contributed by atoms with van der Waals surface area (Å²) in [6.07, 6.45) is 1.54. The van der Waals surface area contributed by atoms with Gasteiger partial charge in [0, 0.05) is 13.4 Å². The second-order valence-corrected chi connectivity index (χ2v) is 10.2. The first-order valence-corrected chi connectivity index (χ1v) is 13.0. The normalized spacial score (nSPS) is 11.2. The topological polar surface area (TPSA) is 73.1 Å². The highest BCUT2D eigenvalue weighted by molar-refractivity contribution is 14.1. The van der Waals surface area contributed by atoms with E-state index in [1.165, 1.54) is 9.78 Å². The maximum atomic E-state index is 12.4. The number of amides is 1. The van der Waals surface area contributed by atoms with Crippen molar-refractivity contribution >= 4 is 77.5 Å². The maximum Gasteiger partial charge on any atom is 0.307 e. The maximum absolute atomic E-state index is 12.4. The summed E-state index contributed by atoms with van der Waals surface area (Å²) in [4.78, 5) is 12.4. The monoisotopic (exact) mass is 696 g/mol. The molecule has 6 nitrogen and oxygen atoms in total. The molecule has 1 N–H and O–H groups in total. The Morgan fingerprint density at radius 1 is 1.09 bits per heavy atom. The fourth-order valence-electron chi connectivity index (χ4n) is 3.15. The highest BCUT2D eigenvalue weighted by Gasteiger charge is 2.14. The van der Waals surface area contributed by atoms with E-state index < -0.39 is 5.91 Å². The molecule has 174 valence electrons. The molecule has 1 heterocycles. The van der Waals surface area contributed by atoms with E-state index in [0.29, 0.717) is 30.3 Å². The average molecular weight is 698 g/mol. The van der Waals surface area contributed by atoms with Crippen LogP contribution < -0.4 is 14.9 Å². The molecule has 0 aliphatic carbocycles. The van der Waals surface area contributed by atoms with E-state index in [2.05, 4.69) is 65.0 Å². The van der Waals surface area contributed by atoms with Crippen LogP contribution in [-0.2, 0) is 6.61 Å². The number of carbonyl (C=O) groups is 1. The van der Waals surface area contributed by atoms with Crippen molar-refractivity contribution in [2.24, 2.45) is 5.10 Å². The molecule has 9 heteroatoms. The summed E-state index contributed by atoms with van der Waals surface area (Å²) in [6.45, 7) is 2.79. The second kappa shape index (κ2) is 11.4. The van der Waals surface area contributed by atoms with E-state index in [1.54, 1.807) is 12.1 Å². The number of benzene rings is 3. The SMILES string of the molecule is CCOc1cc(/C=N/NC(=O)c2cc3cc(Br)ccc3o2)cc(Br)c1OCc1ccc(I)cc1. The lowest BCUT2D eigenvalue weighted by Crippen LogP contribution is -2.16. The van der Waals surface area contributed by atoms with Crippen LogP contribution in [0.2, 0.25) is 0 Å². The molecule has 0 bridgehead atoms. The van der Waals surface area contributed by atoms with Crippen LogP contribution in [0.25, 0.3) is 11.0 Å². The molecule has 0 radical (unpaired) electrons. The lowest BCUT2D eigenvalue weighted by atomic mass is 10.2. The van der Waals surface area contributed by atoms with Gasteiger partial charge < -0.3 is 13.9 Å². The molecule has 34 heavy (non-hydrogen) atoms. The van der Waals surface area contributed by atoms with Gasteiger partial charge in [0.25, 0.3) is 0 Å². The van der Waals surface area contributed by atoms with Crippen LogP contribution in [0.5, 0.6) is 11.5 Å². The van der Waals surface area contributed by atoms with Crippen LogP contribution in [-0.4, -0.2) is 18.7 Å². The lowest BCUT2D eigenvalue weighted by Gasteiger charge is -2.14. The number of carbonyl (C=O) groups excluding carboxylic acids is 1. The van der Waals surface area contributed by atoms with Crippen molar-refractivity contribution in [3.63, 3.8) is 0 Å². The third-order valence-corrected chi connectivity index (χ3v) is 6.51. The number of nitrogens with one attached hydrogen (secondary N) is 1. The first-order valence-electron chi connectivity index (χ1n) is 10.3. The van der Waals surface area contributed by atoms with Gasteiger partial charge in [-0.25, -0.2) is 5.43 Å². The standard InChI is InChI=1S/C25H19Br2IN2O4/c1-2-32-22-10-16(9-20(27)24(22)33-14-15-3-6-19(28)7-4-15)13-29-30-25(31)23-12-17-11-18(26)5-8-21(17)34-23/h3-13H,2,14H2,1H3,(H,30,31)/b29-13+. The second-order valence-electron chi connectivity index (χ2n) is 7.17. The van der Waals surface area contributed by atoms with E-state index in [0.717, 1.165) is 25.5 Å². The third kappa shape index (κ3) is 6.19. The van der Waals surface area contributed by atoms with Crippen LogP contribution in [0.4, 0.5) is 0 Å². The number of furan rings is 1. The zero-order valence-corrected chi connectivity index (χ0v) is 23.3. The van der Waals surface area contributed by atoms with Crippen molar-refractivity contribution < 1.29 is 18.7 Å². The van der Waals surface area contributed by atoms with Gasteiger partial charge in [0.05, 0.1) is 17.3 Å². The molecule has 0 atom stereocenters. The molecule has 4 rings (SSSR count). The minimum Gasteiger partial charge on any atom is -0.490 e. The predicted octanol–water partition coefficient (Wildman–Crippen LogP) is 7.30. The number of hydrazone groups is 1.